The van der Waals surface area contributed by atoms with E-state index in [-0.39, 0.29) is 37.9 Å². The zero-order valence-electron chi connectivity index (χ0n) is 24.0. The zero-order chi connectivity index (χ0) is 30.7. The number of rotatable bonds is 15. The lowest BCUT2D eigenvalue weighted by Crippen LogP contribution is -2.51. The largest absolute Gasteiger partial charge is 0.494 e. The smallest absolute Gasteiger partial charge is 0.252 e. The molecule has 1 amide bonds. The number of nitrogens with zero attached hydrogens (tertiary/aromatic N) is 4. The highest BCUT2D eigenvalue weighted by Gasteiger charge is 2.53. The Hall–Kier alpha value is -3.93. The first-order valence-corrected chi connectivity index (χ1v) is 14.5. The summed E-state index contributed by atoms with van der Waals surface area (Å²) in [7, 11) is 3.00. The molecule has 0 unspecified atom stereocenters. The van der Waals surface area contributed by atoms with Crippen LogP contribution in [-0.2, 0) is 32.0 Å². The summed E-state index contributed by atoms with van der Waals surface area (Å²) < 4.78 is 23.8. The van der Waals surface area contributed by atoms with Crippen LogP contribution in [0.3, 0.4) is 0 Å². The predicted molar refractivity (Wildman–Crippen MR) is 165 cm³/mol. The Labute approximate surface area is 258 Å². The van der Waals surface area contributed by atoms with E-state index in [2.05, 4.69) is 31.3 Å². The molecule has 0 aromatic heterocycles. The number of hydrogen-bond donors (Lipinski definition) is 2. The normalized spacial score (nSPS) is 17.6. The van der Waals surface area contributed by atoms with Crippen molar-refractivity contribution >= 4 is 27.7 Å². The topological polar surface area (TPSA) is 147 Å². The van der Waals surface area contributed by atoms with Gasteiger partial charge in [0, 0.05) is 48.6 Å². The molecule has 3 aromatic rings. The summed E-state index contributed by atoms with van der Waals surface area (Å²) in [4.78, 5) is 22.3. The number of hydrogen-bond acceptors (Lipinski definition) is 8. The van der Waals surface area contributed by atoms with Gasteiger partial charge in [0.15, 0.2) is 17.9 Å². The minimum absolute atomic E-state index is 0.0449. The fraction of sp³-hybridized carbons (Fsp3) is 0.355. The van der Waals surface area contributed by atoms with E-state index >= 15 is 0 Å². The standard InChI is InChI=1S/C31H34BrN5O6/c1-40-27(41-2)20-34-30(39)31(18-21-8-12-24(32)13-9-21)28(26-7-4-3-6-23(26)19-35-37-33)43-29(36-31)22-10-14-25(15-11-22)42-17-5-16-38/h3-4,6-15,27-28,38H,5,16-20H2,1-2H3,(H,34,39)/t28-,31-/m1/s1. The third-order valence-corrected chi connectivity index (χ3v) is 7.54. The van der Waals surface area contributed by atoms with E-state index in [1.807, 2.05) is 60.7 Å². The van der Waals surface area contributed by atoms with Gasteiger partial charge < -0.3 is 29.4 Å². The molecule has 4 rings (SSSR count). The van der Waals surface area contributed by atoms with Gasteiger partial charge >= 0.3 is 0 Å². The van der Waals surface area contributed by atoms with Gasteiger partial charge in [0.1, 0.15) is 5.75 Å². The molecule has 0 saturated carbocycles. The van der Waals surface area contributed by atoms with E-state index in [1.54, 1.807) is 12.1 Å². The summed E-state index contributed by atoms with van der Waals surface area (Å²) in [6.45, 7) is 0.597. The van der Waals surface area contributed by atoms with Gasteiger partial charge in [0.05, 0.1) is 19.7 Å². The Morgan fingerprint density at radius 3 is 2.53 bits per heavy atom. The van der Waals surface area contributed by atoms with Gasteiger partial charge in [-0.15, -0.1) is 0 Å². The summed E-state index contributed by atoms with van der Waals surface area (Å²) >= 11 is 3.48. The number of aliphatic hydroxyl groups is 1. The molecule has 0 saturated heterocycles. The van der Waals surface area contributed by atoms with Crippen molar-refractivity contribution in [1.82, 2.24) is 5.32 Å². The Morgan fingerprint density at radius 1 is 1.14 bits per heavy atom. The second-order valence-electron chi connectivity index (χ2n) is 9.79. The summed E-state index contributed by atoms with van der Waals surface area (Å²) in [6, 6.07) is 22.3. The molecule has 0 radical (unpaired) electrons. The van der Waals surface area contributed by atoms with E-state index in [1.165, 1.54) is 14.2 Å². The highest BCUT2D eigenvalue weighted by atomic mass is 79.9. The van der Waals surface area contributed by atoms with Crippen molar-refractivity contribution in [2.24, 2.45) is 10.1 Å². The molecule has 0 bridgehead atoms. The van der Waals surface area contributed by atoms with E-state index in [4.69, 9.17) is 34.6 Å². The first-order chi connectivity index (χ1) is 20.9. The third kappa shape index (κ3) is 7.92. The number of aliphatic imine (C=N–C) groups is 1. The number of methoxy groups -OCH3 is 2. The highest BCUT2D eigenvalue weighted by molar-refractivity contribution is 9.10. The zero-order valence-corrected chi connectivity index (χ0v) is 25.6. The maximum Gasteiger partial charge on any atom is 0.252 e. The van der Waals surface area contributed by atoms with Crippen LogP contribution in [0.2, 0.25) is 0 Å². The predicted octanol–water partition coefficient (Wildman–Crippen LogP) is 5.26. The Morgan fingerprint density at radius 2 is 1.86 bits per heavy atom. The molecular formula is C31H34BrN5O6. The Balaban J connectivity index is 1.82. The first-order valence-electron chi connectivity index (χ1n) is 13.7. The number of aliphatic hydroxyl groups excluding tert-OH is 1. The van der Waals surface area contributed by atoms with Crippen molar-refractivity contribution in [2.75, 3.05) is 34.0 Å². The van der Waals surface area contributed by atoms with Crippen molar-refractivity contribution in [3.63, 3.8) is 0 Å². The first kappa shape index (κ1) is 32.0. The minimum atomic E-state index is -1.45. The van der Waals surface area contributed by atoms with E-state index in [0.717, 1.165) is 10.0 Å². The lowest BCUT2D eigenvalue weighted by atomic mass is 9.80. The van der Waals surface area contributed by atoms with Crippen LogP contribution in [-0.4, -0.2) is 62.7 Å². The maximum atomic E-state index is 14.3. The molecule has 0 aliphatic carbocycles. The van der Waals surface area contributed by atoms with Crippen molar-refractivity contribution in [3.8, 4) is 5.75 Å². The SMILES string of the molecule is COC(CNC(=O)[C@]1(Cc2ccc(Br)cc2)N=C(c2ccc(OCCCO)cc2)O[C@@H]1c1ccccc1CN=[N+]=[N-])OC. The van der Waals surface area contributed by atoms with Crippen LogP contribution in [0.1, 0.15) is 34.8 Å². The lowest BCUT2D eigenvalue weighted by molar-refractivity contribution is -0.134. The monoisotopic (exact) mass is 651 g/mol. The van der Waals surface area contributed by atoms with Gasteiger partial charge in [0.2, 0.25) is 5.90 Å². The average molecular weight is 653 g/mol. The number of nitrogens with one attached hydrogen (secondary N) is 1. The summed E-state index contributed by atoms with van der Waals surface area (Å²) in [5.74, 6) is 0.543. The molecule has 3 aromatic carbocycles. The molecule has 2 atom stereocenters. The minimum Gasteiger partial charge on any atom is -0.494 e. The van der Waals surface area contributed by atoms with Crippen LogP contribution < -0.4 is 10.1 Å². The summed E-state index contributed by atoms with van der Waals surface area (Å²) in [5, 5.41) is 15.8. The Bertz CT molecular complexity index is 1440. The summed E-state index contributed by atoms with van der Waals surface area (Å²) in [6.07, 6.45) is -0.785. The summed E-state index contributed by atoms with van der Waals surface area (Å²) in [5.41, 5.74) is 10.5. The van der Waals surface area contributed by atoms with Crippen molar-refractivity contribution < 1.29 is 28.8 Å². The quantitative estimate of drug-likeness (QED) is 0.0753. The molecule has 12 heteroatoms. The number of halogens is 1. The van der Waals surface area contributed by atoms with Crippen molar-refractivity contribution in [3.05, 3.63) is 110 Å². The number of azide groups is 1. The molecule has 1 heterocycles. The molecule has 1 aliphatic rings. The van der Waals surface area contributed by atoms with Gasteiger partial charge in [-0.25, -0.2) is 4.99 Å². The molecular weight excluding hydrogens is 618 g/mol. The van der Waals surface area contributed by atoms with Crippen LogP contribution in [0.25, 0.3) is 10.4 Å². The van der Waals surface area contributed by atoms with Crippen molar-refractivity contribution in [1.29, 1.82) is 0 Å². The van der Waals surface area contributed by atoms with Gasteiger partial charge in [0.25, 0.3) is 5.91 Å². The fourth-order valence-electron chi connectivity index (χ4n) is 4.81. The molecule has 1 aliphatic heterocycles. The van der Waals surface area contributed by atoms with Gasteiger partial charge in [-0.2, -0.15) is 0 Å². The second-order valence-corrected chi connectivity index (χ2v) is 10.7. The van der Waals surface area contributed by atoms with Crippen LogP contribution in [0, 0.1) is 0 Å². The van der Waals surface area contributed by atoms with Crippen LogP contribution in [0.4, 0.5) is 0 Å². The van der Waals surface area contributed by atoms with Crippen LogP contribution in [0.5, 0.6) is 5.75 Å². The van der Waals surface area contributed by atoms with E-state index in [9.17, 15) is 4.79 Å². The molecule has 2 N–H and O–H groups in total. The van der Waals surface area contributed by atoms with E-state index < -0.39 is 17.9 Å². The lowest BCUT2D eigenvalue weighted by Gasteiger charge is -2.32. The van der Waals surface area contributed by atoms with Gasteiger partial charge in [-0.1, -0.05) is 57.4 Å². The molecule has 226 valence electrons. The molecule has 11 nitrogen and oxygen atoms in total. The van der Waals surface area contributed by atoms with Crippen LogP contribution >= 0.6 is 15.9 Å². The van der Waals surface area contributed by atoms with Crippen molar-refractivity contribution in [2.45, 2.75) is 37.3 Å². The number of ether oxygens (including phenoxy) is 4. The second kappa shape index (κ2) is 15.5. The molecule has 0 spiro atoms. The van der Waals surface area contributed by atoms with E-state index in [0.29, 0.717) is 35.5 Å². The maximum absolute atomic E-state index is 14.3. The van der Waals surface area contributed by atoms with Gasteiger partial charge in [-0.3, -0.25) is 4.79 Å². The highest BCUT2D eigenvalue weighted by Crippen LogP contribution is 2.44. The number of carbonyl (C=O) groups is 1. The number of carbonyl (C=O) groups excluding carboxylic acids is 1. The van der Waals surface area contributed by atoms with Gasteiger partial charge in [-0.05, 0) is 58.6 Å². The van der Waals surface area contributed by atoms with Crippen LogP contribution in [0.15, 0.2) is 87.4 Å². The third-order valence-electron chi connectivity index (χ3n) is 7.01. The fourth-order valence-corrected chi connectivity index (χ4v) is 5.07. The number of amides is 1. The molecule has 43 heavy (non-hydrogen) atoms. The average Bonchev–Trinajstić information content (AvgIpc) is 3.42. The Kier molecular flexibility index (Phi) is 11.5. The number of benzene rings is 3. The molecule has 0 fully saturated rings.